The summed E-state index contributed by atoms with van der Waals surface area (Å²) in [5, 5.41) is 6.92. The van der Waals surface area contributed by atoms with Crippen molar-refractivity contribution >= 4 is 6.29 Å². The van der Waals surface area contributed by atoms with Gasteiger partial charge in [0.1, 0.15) is 11.4 Å². The first-order valence-corrected chi connectivity index (χ1v) is 4.91. The fraction of sp³-hybridized carbons (Fsp3) is 0.167. The van der Waals surface area contributed by atoms with Crippen LogP contribution in [0.3, 0.4) is 0 Å². The molecule has 1 heterocycles. The van der Waals surface area contributed by atoms with Crippen molar-refractivity contribution < 1.29 is 9.53 Å². The van der Waals surface area contributed by atoms with Crippen LogP contribution >= 0.6 is 0 Å². The number of aryl methyl sites for hydroxylation is 1. The Morgan fingerprint density at radius 3 is 2.94 bits per heavy atom. The Labute approximate surface area is 93.3 Å². The third-order valence-electron chi connectivity index (χ3n) is 2.46. The van der Waals surface area contributed by atoms with Crippen LogP contribution in [0.15, 0.2) is 24.3 Å². The molecule has 4 heteroatoms. The summed E-state index contributed by atoms with van der Waals surface area (Å²) in [5.74, 6) is 0.745. The van der Waals surface area contributed by atoms with Crippen molar-refractivity contribution in [2.24, 2.45) is 0 Å². The summed E-state index contributed by atoms with van der Waals surface area (Å²) in [6, 6.07) is 7.46. The third-order valence-corrected chi connectivity index (χ3v) is 2.46. The lowest BCUT2D eigenvalue weighted by Gasteiger charge is -2.02. The number of carbonyl (C=O) groups excluding carboxylic acids is 1. The van der Waals surface area contributed by atoms with Crippen LogP contribution in [0.1, 0.15) is 16.1 Å². The van der Waals surface area contributed by atoms with Crippen LogP contribution in [0.4, 0.5) is 0 Å². The minimum atomic E-state index is 0.591. The minimum absolute atomic E-state index is 0.591. The molecule has 0 spiro atoms. The van der Waals surface area contributed by atoms with Crippen molar-refractivity contribution in [3.8, 4) is 17.0 Å². The number of ether oxygens (including phenoxy) is 1. The summed E-state index contributed by atoms with van der Waals surface area (Å²) < 4.78 is 5.13. The minimum Gasteiger partial charge on any atom is -0.497 e. The number of benzene rings is 1. The van der Waals surface area contributed by atoms with Gasteiger partial charge in [-0.2, -0.15) is 5.10 Å². The van der Waals surface area contributed by atoms with Gasteiger partial charge in [0.25, 0.3) is 0 Å². The number of methoxy groups -OCH3 is 1. The molecule has 1 aromatic carbocycles. The topological polar surface area (TPSA) is 55.0 Å². The van der Waals surface area contributed by atoms with Crippen molar-refractivity contribution in [2.45, 2.75) is 6.92 Å². The number of aromatic nitrogens is 2. The van der Waals surface area contributed by atoms with E-state index in [9.17, 15) is 4.79 Å². The van der Waals surface area contributed by atoms with Gasteiger partial charge in [-0.25, -0.2) is 0 Å². The maximum Gasteiger partial charge on any atom is 0.154 e. The molecule has 0 saturated carbocycles. The van der Waals surface area contributed by atoms with E-state index in [1.165, 1.54) is 0 Å². The van der Waals surface area contributed by atoms with E-state index in [1.54, 1.807) is 7.11 Å². The molecule has 0 saturated heterocycles. The molecular weight excluding hydrogens is 204 g/mol. The average Bonchev–Trinajstić information content (AvgIpc) is 2.70. The maximum atomic E-state index is 10.9. The Kier molecular flexibility index (Phi) is 2.72. The zero-order valence-corrected chi connectivity index (χ0v) is 9.15. The number of carbonyl (C=O) groups is 1. The van der Waals surface area contributed by atoms with Gasteiger partial charge in [0.2, 0.25) is 0 Å². The third kappa shape index (κ3) is 1.69. The first-order chi connectivity index (χ1) is 7.76. The zero-order valence-electron chi connectivity index (χ0n) is 9.15. The zero-order chi connectivity index (χ0) is 11.5. The van der Waals surface area contributed by atoms with Gasteiger partial charge in [-0.1, -0.05) is 12.1 Å². The molecule has 0 radical (unpaired) electrons. The van der Waals surface area contributed by atoms with Crippen LogP contribution in [0, 0.1) is 6.92 Å². The number of hydrogen-bond acceptors (Lipinski definition) is 3. The van der Waals surface area contributed by atoms with Gasteiger partial charge in [0.15, 0.2) is 6.29 Å². The van der Waals surface area contributed by atoms with Crippen LogP contribution in [0.25, 0.3) is 11.3 Å². The lowest BCUT2D eigenvalue weighted by Crippen LogP contribution is -1.87. The molecule has 0 atom stereocenters. The van der Waals surface area contributed by atoms with E-state index in [0.29, 0.717) is 11.3 Å². The molecule has 4 nitrogen and oxygen atoms in total. The Balaban J connectivity index is 2.53. The van der Waals surface area contributed by atoms with Gasteiger partial charge >= 0.3 is 0 Å². The molecular formula is C12H12N2O2. The predicted molar refractivity (Wildman–Crippen MR) is 60.7 cm³/mol. The van der Waals surface area contributed by atoms with Crippen LogP contribution in [0.2, 0.25) is 0 Å². The molecule has 1 N–H and O–H groups in total. The summed E-state index contributed by atoms with van der Waals surface area (Å²) in [7, 11) is 1.61. The van der Waals surface area contributed by atoms with Gasteiger partial charge in [-0.05, 0) is 19.1 Å². The second-order valence-electron chi connectivity index (χ2n) is 3.46. The van der Waals surface area contributed by atoms with E-state index < -0.39 is 0 Å². The van der Waals surface area contributed by atoms with E-state index >= 15 is 0 Å². The summed E-state index contributed by atoms with van der Waals surface area (Å²) >= 11 is 0. The normalized spacial score (nSPS) is 10.1. The largest absolute Gasteiger partial charge is 0.497 e. The van der Waals surface area contributed by atoms with Crippen LogP contribution < -0.4 is 4.74 Å². The molecule has 0 bridgehead atoms. The summed E-state index contributed by atoms with van der Waals surface area (Å²) in [6.07, 6.45) is 0.813. The Morgan fingerprint density at radius 2 is 2.25 bits per heavy atom. The maximum absolute atomic E-state index is 10.9. The number of nitrogens with one attached hydrogen (secondary N) is 1. The van der Waals surface area contributed by atoms with E-state index in [2.05, 4.69) is 10.2 Å². The highest BCUT2D eigenvalue weighted by Gasteiger charge is 2.11. The molecule has 0 amide bonds. The number of aldehydes is 1. The Hall–Kier alpha value is -2.10. The summed E-state index contributed by atoms with van der Waals surface area (Å²) in [4.78, 5) is 10.9. The molecule has 0 aliphatic heterocycles. The highest BCUT2D eigenvalue weighted by molar-refractivity contribution is 5.87. The number of rotatable bonds is 3. The van der Waals surface area contributed by atoms with E-state index in [1.807, 2.05) is 31.2 Å². The Bertz CT molecular complexity index is 517. The average molecular weight is 216 g/mol. The first kappa shape index (κ1) is 10.4. The second-order valence-corrected chi connectivity index (χ2v) is 3.46. The predicted octanol–water partition coefficient (Wildman–Crippen LogP) is 2.21. The molecule has 82 valence electrons. The van der Waals surface area contributed by atoms with Crippen molar-refractivity contribution in [3.63, 3.8) is 0 Å². The fourth-order valence-corrected chi connectivity index (χ4v) is 1.57. The van der Waals surface area contributed by atoms with E-state index in [4.69, 9.17) is 4.74 Å². The van der Waals surface area contributed by atoms with Crippen LogP contribution in [-0.4, -0.2) is 23.6 Å². The Morgan fingerprint density at radius 1 is 1.44 bits per heavy atom. The first-order valence-electron chi connectivity index (χ1n) is 4.91. The quantitative estimate of drug-likeness (QED) is 0.800. The van der Waals surface area contributed by atoms with Gasteiger partial charge in [0, 0.05) is 11.3 Å². The van der Waals surface area contributed by atoms with Crippen LogP contribution in [0.5, 0.6) is 5.75 Å². The monoisotopic (exact) mass is 216 g/mol. The number of H-pyrrole nitrogens is 1. The molecule has 0 unspecified atom stereocenters. The van der Waals surface area contributed by atoms with Crippen molar-refractivity contribution in [3.05, 3.63) is 35.5 Å². The van der Waals surface area contributed by atoms with Crippen molar-refractivity contribution in [2.75, 3.05) is 7.11 Å². The molecule has 2 rings (SSSR count). The van der Waals surface area contributed by atoms with Crippen LogP contribution in [-0.2, 0) is 0 Å². The molecule has 0 aliphatic carbocycles. The highest BCUT2D eigenvalue weighted by Crippen LogP contribution is 2.25. The van der Waals surface area contributed by atoms with E-state index in [0.717, 1.165) is 23.3 Å². The molecule has 0 aliphatic rings. The molecule has 2 aromatic rings. The smallest absolute Gasteiger partial charge is 0.154 e. The molecule has 0 fully saturated rings. The van der Waals surface area contributed by atoms with E-state index in [-0.39, 0.29) is 0 Å². The number of hydrogen-bond donors (Lipinski definition) is 1. The highest BCUT2D eigenvalue weighted by atomic mass is 16.5. The summed E-state index contributed by atoms with van der Waals surface area (Å²) in [6.45, 7) is 1.82. The van der Waals surface area contributed by atoms with Crippen molar-refractivity contribution in [1.82, 2.24) is 10.2 Å². The second kappa shape index (κ2) is 4.18. The molecule has 16 heavy (non-hydrogen) atoms. The van der Waals surface area contributed by atoms with Gasteiger partial charge in [-0.15, -0.1) is 0 Å². The fourth-order valence-electron chi connectivity index (χ4n) is 1.57. The SMILES string of the molecule is COc1cccc(-c2n[nH]c(C)c2C=O)c1. The number of aromatic amines is 1. The van der Waals surface area contributed by atoms with Gasteiger partial charge in [-0.3, -0.25) is 9.89 Å². The molecule has 1 aromatic heterocycles. The number of nitrogens with zero attached hydrogens (tertiary/aromatic N) is 1. The lowest BCUT2D eigenvalue weighted by molar-refractivity contribution is 0.112. The van der Waals surface area contributed by atoms with Gasteiger partial charge in [0.05, 0.1) is 12.7 Å². The summed E-state index contributed by atoms with van der Waals surface area (Å²) in [5.41, 5.74) is 2.89. The van der Waals surface area contributed by atoms with Crippen molar-refractivity contribution in [1.29, 1.82) is 0 Å². The standard InChI is InChI=1S/C12H12N2O2/c1-8-11(7-15)12(14-13-8)9-4-3-5-10(6-9)16-2/h3-7H,1-2H3,(H,13,14). The lowest BCUT2D eigenvalue weighted by atomic mass is 10.1. The van der Waals surface area contributed by atoms with Gasteiger partial charge < -0.3 is 4.74 Å².